The van der Waals surface area contributed by atoms with E-state index in [4.69, 9.17) is 9.47 Å². The molecule has 3 aromatic rings. The number of amides is 2. The number of hydrogen-bond acceptors (Lipinski definition) is 5. The van der Waals surface area contributed by atoms with Crippen molar-refractivity contribution >= 4 is 31.1 Å². The van der Waals surface area contributed by atoms with E-state index in [1.165, 1.54) is 6.42 Å². The van der Waals surface area contributed by atoms with Crippen LogP contribution in [-0.4, -0.2) is 53.4 Å². The van der Waals surface area contributed by atoms with Crippen molar-refractivity contribution in [2.24, 2.45) is 0 Å². The highest BCUT2D eigenvalue weighted by Crippen LogP contribution is 2.30. The van der Waals surface area contributed by atoms with Crippen LogP contribution in [0, 0.1) is 0 Å². The van der Waals surface area contributed by atoms with Gasteiger partial charge in [-0.25, -0.2) is 9.78 Å². The third-order valence-corrected chi connectivity index (χ3v) is 8.71. The van der Waals surface area contributed by atoms with E-state index in [2.05, 4.69) is 35.3 Å². The molecule has 2 amide bonds. The Balaban J connectivity index is 1.38. The molecule has 0 aliphatic heterocycles. The summed E-state index contributed by atoms with van der Waals surface area (Å²) in [6, 6.07) is 11.5. The molecule has 0 spiro atoms. The van der Waals surface area contributed by atoms with Crippen LogP contribution in [0.25, 0.3) is 11.0 Å². The number of nitrogens with one attached hydrogen (secondary N) is 2. The molecule has 1 aliphatic rings. The van der Waals surface area contributed by atoms with Crippen molar-refractivity contribution < 1.29 is 24.2 Å². The molecule has 4 rings (SSSR count). The lowest BCUT2D eigenvalue weighted by Gasteiger charge is -2.25. The minimum atomic E-state index is -1.21. The van der Waals surface area contributed by atoms with E-state index < -0.39 is 20.2 Å². The quantitative estimate of drug-likeness (QED) is 0.194. The summed E-state index contributed by atoms with van der Waals surface area (Å²) in [5, 5.41) is 15.6. The number of rotatable bonds is 12. The van der Waals surface area contributed by atoms with Gasteiger partial charge in [-0.05, 0) is 48.7 Å². The molecule has 39 heavy (non-hydrogen) atoms. The zero-order valence-electron chi connectivity index (χ0n) is 23.1. The second-order valence-corrected chi connectivity index (χ2v) is 17.1. The lowest BCUT2D eigenvalue weighted by molar-refractivity contribution is -0.123. The van der Waals surface area contributed by atoms with Gasteiger partial charge in [0.15, 0.2) is 0 Å². The largest absolute Gasteiger partial charge is 0.465 e. The van der Waals surface area contributed by atoms with Crippen molar-refractivity contribution in [1.82, 2.24) is 20.2 Å². The third kappa shape index (κ3) is 8.56. The summed E-state index contributed by atoms with van der Waals surface area (Å²) in [5.41, 5.74) is 1.63. The Morgan fingerprint density at radius 2 is 1.85 bits per heavy atom. The highest BCUT2D eigenvalue weighted by molar-refractivity contribution is 6.76. The predicted molar refractivity (Wildman–Crippen MR) is 154 cm³/mol. The molecule has 10 heteroatoms. The summed E-state index contributed by atoms with van der Waals surface area (Å²) in [6.07, 6.45) is 7.95. The number of hydrogen-bond donors (Lipinski definition) is 3. The number of ether oxygens (including phenoxy) is 2. The van der Waals surface area contributed by atoms with Gasteiger partial charge in [-0.15, -0.1) is 0 Å². The topological polar surface area (TPSA) is 115 Å². The standard InChI is InChI=1S/C29H40N4O5Si/c1-39(2,3)18-17-37-20-33-16-14-24-26(13-15-30-27(24)33)38-23-11-9-21(10-12-23)19-25(32-29(35)36)28(34)31-22-7-5-4-6-8-22/h9-16,22,25,32H,4-8,17-20H2,1-3H3,(H,31,34)(H,35,36)/t25-/m0/s1. The Morgan fingerprint density at radius 3 is 2.54 bits per heavy atom. The summed E-state index contributed by atoms with van der Waals surface area (Å²) < 4.78 is 14.0. The Hall–Kier alpha value is -3.37. The van der Waals surface area contributed by atoms with Gasteiger partial charge in [-0.3, -0.25) is 4.79 Å². The lowest BCUT2D eigenvalue weighted by atomic mass is 9.95. The van der Waals surface area contributed by atoms with E-state index >= 15 is 0 Å². The molecule has 2 aromatic heterocycles. The number of pyridine rings is 1. The van der Waals surface area contributed by atoms with Crippen molar-refractivity contribution in [2.45, 2.75) is 83.0 Å². The second-order valence-electron chi connectivity index (χ2n) is 11.5. The molecule has 1 saturated carbocycles. The molecule has 1 atom stereocenters. The van der Waals surface area contributed by atoms with Crippen LogP contribution in [0.5, 0.6) is 11.5 Å². The van der Waals surface area contributed by atoms with Crippen molar-refractivity contribution in [1.29, 1.82) is 0 Å². The van der Waals surface area contributed by atoms with Crippen LogP contribution < -0.4 is 15.4 Å². The Kier molecular flexibility index (Phi) is 9.63. The number of nitrogens with zero attached hydrogens (tertiary/aromatic N) is 2. The maximum absolute atomic E-state index is 12.8. The molecule has 0 saturated heterocycles. The molecule has 9 nitrogen and oxygen atoms in total. The molecule has 1 fully saturated rings. The highest BCUT2D eigenvalue weighted by Gasteiger charge is 2.24. The van der Waals surface area contributed by atoms with Gasteiger partial charge in [0.1, 0.15) is 29.9 Å². The first kappa shape index (κ1) is 28.6. The van der Waals surface area contributed by atoms with Crippen LogP contribution in [-0.2, 0) is 22.7 Å². The number of carboxylic acid groups (broad SMARTS) is 1. The third-order valence-electron chi connectivity index (χ3n) is 7.01. The maximum Gasteiger partial charge on any atom is 0.405 e. The van der Waals surface area contributed by atoms with Gasteiger partial charge in [-0.1, -0.05) is 51.0 Å². The Bertz CT molecular complexity index is 1250. The van der Waals surface area contributed by atoms with Crippen LogP contribution in [0.1, 0.15) is 37.7 Å². The average Bonchev–Trinajstić information content (AvgIpc) is 3.31. The van der Waals surface area contributed by atoms with Crippen LogP contribution in [0.3, 0.4) is 0 Å². The number of benzene rings is 1. The molecule has 0 unspecified atom stereocenters. The van der Waals surface area contributed by atoms with Crippen molar-refractivity contribution in [3.63, 3.8) is 0 Å². The van der Waals surface area contributed by atoms with E-state index in [1.807, 2.05) is 47.2 Å². The maximum atomic E-state index is 12.8. The number of carbonyl (C=O) groups is 2. The van der Waals surface area contributed by atoms with Gasteiger partial charge in [0.2, 0.25) is 5.91 Å². The first-order valence-electron chi connectivity index (χ1n) is 13.8. The second kappa shape index (κ2) is 13.1. The SMILES string of the molecule is C[Si](C)(C)CCOCn1ccc2c(Oc3ccc(C[C@H](NC(=O)O)C(=O)NC4CCCCC4)cc3)ccnc21. The minimum Gasteiger partial charge on any atom is -0.465 e. The molecular weight excluding hydrogens is 512 g/mol. The molecule has 1 aliphatic carbocycles. The van der Waals surface area contributed by atoms with Gasteiger partial charge in [0, 0.05) is 39.5 Å². The molecular formula is C29H40N4O5Si. The van der Waals surface area contributed by atoms with Crippen molar-refractivity contribution in [3.8, 4) is 11.5 Å². The molecule has 0 radical (unpaired) electrons. The first-order chi connectivity index (χ1) is 18.7. The van der Waals surface area contributed by atoms with Gasteiger partial charge in [0.05, 0.1) is 5.39 Å². The van der Waals surface area contributed by atoms with Gasteiger partial charge in [-0.2, -0.15) is 0 Å². The van der Waals surface area contributed by atoms with Crippen molar-refractivity contribution in [3.05, 3.63) is 54.4 Å². The summed E-state index contributed by atoms with van der Waals surface area (Å²) >= 11 is 0. The van der Waals surface area contributed by atoms with E-state index in [1.54, 1.807) is 6.20 Å². The van der Waals surface area contributed by atoms with E-state index in [-0.39, 0.29) is 18.4 Å². The van der Waals surface area contributed by atoms with E-state index in [0.717, 1.165) is 54.9 Å². The Labute approximate surface area is 230 Å². The Morgan fingerprint density at radius 1 is 1.10 bits per heavy atom. The summed E-state index contributed by atoms with van der Waals surface area (Å²) in [7, 11) is -1.14. The fraction of sp³-hybridized carbons (Fsp3) is 0.483. The van der Waals surface area contributed by atoms with Crippen LogP contribution in [0.2, 0.25) is 25.7 Å². The molecule has 3 N–H and O–H groups in total. The van der Waals surface area contributed by atoms with Gasteiger partial charge in [0.25, 0.3) is 0 Å². The summed E-state index contributed by atoms with van der Waals surface area (Å²) in [5.74, 6) is 1.04. The monoisotopic (exact) mass is 552 g/mol. The van der Waals surface area contributed by atoms with E-state index in [9.17, 15) is 14.7 Å². The smallest absolute Gasteiger partial charge is 0.405 e. The first-order valence-corrected chi connectivity index (χ1v) is 17.5. The molecule has 0 bridgehead atoms. The molecule has 2 heterocycles. The van der Waals surface area contributed by atoms with Crippen molar-refractivity contribution in [2.75, 3.05) is 6.61 Å². The normalized spacial score (nSPS) is 15.2. The zero-order valence-corrected chi connectivity index (χ0v) is 24.1. The van der Waals surface area contributed by atoms with Gasteiger partial charge < -0.3 is 29.8 Å². The minimum absolute atomic E-state index is 0.115. The highest BCUT2D eigenvalue weighted by atomic mass is 28.3. The zero-order chi connectivity index (χ0) is 27.8. The van der Waals surface area contributed by atoms with Gasteiger partial charge >= 0.3 is 6.09 Å². The average molecular weight is 553 g/mol. The number of aromatic nitrogens is 2. The van der Waals surface area contributed by atoms with Crippen LogP contribution in [0.4, 0.5) is 4.79 Å². The summed E-state index contributed by atoms with van der Waals surface area (Å²) in [4.78, 5) is 28.7. The predicted octanol–water partition coefficient (Wildman–Crippen LogP) is 5.77. The fourth-order valence-corrected chi connectivity index (χ4v) is 5.52. The summed E-state index contributed by atoms with van der Waals surface area (Å²) in [6.45, 7) is 8.18. The van der Waals surface area contributed by atoms with Crippen LogP contribution >= 0.6 is 0 Å². The molecule has 210 valence electrons. The fourth-order valence-electron chi connectivity index (χ4n) is 4.76. The number of fused-ring (bicyclic) bond motifs is 1. The number of carbonyl (C=O) groups excluding carboxylic acids is 1. The van der Waals surface area contributed by atoms with E-state index in [0.29, 0.717) is 18.2 Å². The molecule has 1 aromatic carbocycles. The lowest BCUT2D eigenvalue weighted by Crippen LogP contribution is -2.50. The van der Waals surface area contributed by atoms with Crippen LogP contribution in [0.15, 0.2) is 48.8 Å².